The van der Waals surface area contributed by atoms with Gasteiger partial charge in [-0.25, -0.2) is 0 Å². The van der Waals surface area contributed by atoms with Gasteiger partial charge in [0, 0.05) is 17.7 Å². The molecular formula is C29H33BrN2O3S. The van der Waals surface area contributed by atoms with Gasteiger partial charge in [0.05, 0.1) is 17.7 Å². The first-order chi connectivity index (χ1) is 17.5. The number of nitrogens with one attached hydrogen (secondary N) is 2. The molecule has 3 aromatic carbocycles. The Morgan fingerprint density at radius 3 is 2.36 bits per heavy atom. The monoisotopic (exact) mass is 568 g/mol. The van der Waals surface area contributed by atoms with Crippen LogP contribution in [0.2, 0.25) is 0 Å². The highest BCUT2D eigenvalue weighted by Crippen LogP contribution is 2.26. The van der Waals surface area contributed by atoms with E-state index in [1.54, 1.807) is 18.2 Å². The third kappa shape index (κ3) is 9.63. The molecule has 0 aliphatic heterocycles. The molecule has 0 heterocycles. The molecule has 1 amide bonds. The van der Waals surface area contributed by atoms with E-state index in [2.05, 4.69) is 45.6 Å². The molecule has 5 nitrogen and oxygen atoms in total. The second kappa shape index (κ2) is 15.3. The van der Waals surface area contributed by atoms with Crippen LogP contribution in [0.5, 0.6) is 11.5 Å². The maximum absolute atomic E-state index is 12.7. The molecule has 0 bridgehead atoms. The lowest BCUT2D eigenvalue weighted by molar-refractivity contribution is 0.0977. The van der Waals surface area contributed by atoms with E-state index in [0.717, 1.165) is 30.9 Å². The van der Waals surface area contributed by atoms with Gasteiger partial charge in [0.1, 0.15) is 11.5 Å². The van der Waals surface area contributed by atoms with E-state index < -0.39 is 0 Å². The van der Waals surface area contributed by atoms with Gasteiger partial charge in [-0.3, -0.25) is 10.1 Å². The standard InChI is InChI=1S/C29H33BrN2O3S/c1-2-3-4-5-9-19-34-25-15-13-24(14-16-25)31-29(36)32-28(33)23-12-17-27(26(30)21-23)35-20-18-22-10-7-6-8-11-22/h6-8,10-17,21H,2-5,9,18-20H2,1H3,(H2,31,32,33,36). The van der Waals surface area contributed by atoms with Gasteiger partial charge in [0.15, 0.2) is 5.11 Å². The van der Waals surface area contributed by atoms with E-state index in [1.165, 1.54) is 31.2 Å². The number of unbranched alkanes of at least 4 members (excludes halogenated alkanes) is 4. The lowest BCUT2D eigenvalue weighted by atomic mass is 10.2. The first kappa shape index (κ1) is 27.7. The first-order valence-electron chi connectivity index (χ1n) is 12.4. The van der Waals surface area contributed by atoms with Crippen LogP contribution in [0.1, 0.15) is 54.9 Å². The molecule has 2 N–H and O–H groups in total. The van der Waals surface area contributed by atoms with Crippen molar-refractivity contribution in [2.75, 3.05) is 18.5 Å². The Hall–Kier alpha value is -2.90. The van der Waals surface area contributed by atoms with Crippen molar-refractivity contribution in [3.8, 4) is 11.5 Å². The zero-order valence-electron chi connectivity index (χ0n) is 20.6. The number of hydrogen-bond donors (Lipinski definition) is 2. The van der Waals surface area contributed by atoms with Crippen LogP contribution in [0.15, 0.2) is 77.3 Å². The smallest absolute Gasteiger partial charge is 0.257 e. The van der Waals surface area contributed by atoms with Gasteiger partial charge in [0.2, 0.25) is 0 Å². The minimum absolute atomic E-state index is 0.226. The number of carbonyl (C=O) groups excluding carboxylic acids is 1. The van der Waals surface area contributed by atoms with Gasteiger partial charge in [0.25, 0.3) is 5.91 Å². The topological polar surface area (TPSA) is 59.6 Å². The predicted molar refractivity (Wildman–Crippen MR) is 154 cm³/mol. The van der Waals surface area contributed by atoms with Crippen LogP contribution in [-0.2, 0) is 6.42 Å². The fourth-order valence-electron chi connectivity index (χ4n) is 3.55. The Morgan fingerprint density at radius 2 is 1.64 bits per heavy atom. The fourth-order valence-corrected chi connectivity index (χ4v) is 4.25. The molecule has 36 heavy (non-hydrogen) atoms. The van der Waals surface area contributed by atoms with Crippen molar-refractivity contribution in [3.05, 3.63) is 88.4 Å². The van der Waals surface area contributed by atoms with E-state index in [-0.39, 0.29) is 11.0 Å². The second-order valence-corrected chi connectivity index (χ2v) is 9.69. The number of benzene rings is 3. The Kier molecular flexibility index (Phi) is 11.7. The van der Waals surface area contributed by atoms with Crippen molar-refractivity contribution in [1.29, 1.82) is 0 Å². The molecule has 0 unspecified atom stereocenters. The molecule has 0 saturated carbocycles. The number of anilines is 1. The SMILES string of the molecule is CCCCCCCOc1ccc(NC(=S)NC(=O)c2ccc(OCCc3ccccc3)c(Br)c2)cc1. The average molecular weight is 570 g/mol. The van der Waals surface area contributed by atoms with Crippen molar-refractivity contribution in [2.45, 2.75) is 45.4 Å². The van der Waals surface area contributed by atoms with Crippen LogP contribution < -0.4 is 20.1 Å². The van der Waals surface area contributed by atoms with Gasteiger partial charge < -0.3 is 14.8 Å². The summed E-state index contributed by atoms with van der Waals surface area (Å²) in [4.78, 5) is 12.7. The summed E-state index contributed by atoms with van der Waals surface area (Å²) >= 11 is 8.81. The highest BCUT2D eigenvalue weighted by molar-refractivity contribution is 9.10. The number of hydrogen-bond acceptors (Lipinski definition) is 4. The van der Waals surface area contributed by atoms with Crippen molar-refractivity contribution >= 4 is 44.9 Å². The van der Waals surface area contributed by atoms with E-state index in [9.17, 15) is 4.79 Å². The van der Waals surface area contributed by atoms with Crippen molar-refractivity contribution in [2.24, 2.45) is 0 Å². The molecule has 190 valence electrons. The van der Waals surface area contributed by atoms with E-state index in [0.29, 0.717) is 22.4 Å². The normalized spacial score (nSPS) is 10.5. The Morgan fingerprint density at radius 1 is 0.889 bits per heavy atom. The van der Waals surface area contributed by atoms with E-state index >= 15 is 0 Å². The molecule has 0 aliphatic carbocycles. The second-order valence-electron chi connectivity index (χ2n) is 8.42. The Balaban J connectivity index is 1.41. The largest absolute Gasteiger partial charge is 0.494 e. The maximum Gasteiger partial charge on any atom is 0.257 e. The summed E-state index contributed by atoms with van der Waals surface area (Å²) in [6, 6.07) is 22.9. The summed E-state index contributed by atoms with van der Waals surface area (Å²) in [5.74, 6) is 1.21. The van der Waals surface area contributed by atoms with Crippen LogP contribution >= 0.6 is 28.1 Å². The van der Waals surface area contributed by atoms with Gasteiger partial charge in [-0.2, -0.15) is 0 Å². The van der Waals surface area contributed by atoms with Crippen LogP contribution in [0.4, 0.5) is 5.69 Å². The minimum atomic E-state index is -0.299. The summed E-state index contributed by atoms with van der Waals surface area (Å²) in [6.07, 6.45) is 6.85. The Bertz CT molecular complexity index is 1110. The molecule has 0 spiro atoms. The molecule has 0 atom stereocenters. The van der Waals surface area contributed by atoms with Crippen molar-refractivity contribution in [3.63, 3.8) is 0 Å². The lowest BCUT2D eigenvalue weighted by Gasteiger charge is -2.12. The van der Waals surface area contributed by atoms with Crippen LogP contribution in [0, 0.1) is 0 Å². The molecule has 3 rings (SSSR count). The van der Waals surface area contributed by atoms with Gasteiger partial charge in [-0.05, 0) is 82.6 Å². The molecule has 0 radical (unpaired) electrons. The number of ether oxygens (including phenoxy) is 2. The molecule has 0 aromatic heterocycles. The van der Waals surface area contributed by atoms with Crippen LogP contribution in [0.25, 0.3) is 0 Å². The van der Waals surface area contributed by atoms with Crippen LogP contribution in [0.3, 0.4) is 0 Å². The lowest BCUT2D eigenvalue weighted by Crippen LogP contribution is -2.34. The number of thiocarbonyl (C=S) groups is 1. The van der Waals surface area contributed by atoms with E-state index in [1.807, 2.05) is 42.5 Å². The highest BCUT2D eigenvalue weighted by Gasteiger charge is 2.11. The average Bonchev–Trinajstić information content (AvgIpc) is 2.88. The molecule has 0 fully saturated rings. The highest BCUT2D eigenvalue weighted by atomic mass is 79.9. The summed E-state index contributed by atoms with van der Waals surface area (Å²) in [5, 5.41) is 5.98. The Labute approximate surface area is 227 Å². The number of halogens is 1. The van der Waals surface area contributed by atoms with Crippen LogP contribution in [-0.4, -0.2) is 24.2 Å². The van der Waals surface area contributed by atoms with Gasteiger partial charge in [-0.1, -0.05) is 62.9 Å². The van der Waals surface area contributed by atoms with Gasteiger partial charge >= 0.3 is 0 Å². The predicted octanol–water partition coefficient (Wildman–Crippen LogP) is 7.55. The molecule has 0 aliphatic rings. The molecular weight excluding hydrogens is 536 g/mol. The third-order valence-corrected chi connectivity index (χ3v) is 6.36. The first-order valence-corrected chi connectivity index (χ1v) is 13.6. The number of carbonyl (C=O) groups is 1. The molecule has 0 saturated heterocycles. The molecule has 3 aromatic rings. The molecule has 7 heteroatoms. The third-order valence-electron chi connectivity index (χ3n) is 5.54. The van der Waals surface area contributed by atoms with Crippen molar-refractivity contribution in [1.82, 2.24) is 5.32 Å². The van der Waals surface area contributed by atoms with Gasteiger partial charge in [-0.15, -0.1) is 0 Å². The zero-order chi connectivity index (χ0) is 25.6. The summed E-state index contributed by atoms with van der Waals surface area (Å²) in [6.45, 7) is 3.48. The summed E-state index contributed by atoms with van der Waals surface area (Å²) < 4.78 is 12.4. The number of amides is 1. The number of rotatable bonds is 13. The van der Waals surface area contributed by atoms with Crippen molar-refractivity contribution < 1.29 is 14.3 Å². The van der Waals surface area contributed by atoms with E-state index in [4.69, 9.17) is 21.7 Å². The zero-order valence-corrected chi connectivity index (χ0v) is 23.0. The fraction of sp³-hybridized carbons (Fsp3) is 0.310. The summed E-state index contributed by atoms with van der Waals surface area (Å²) in [5.41, 5.74) is 2.47. The quantitative estimate of drug-likeness (QED) is 0.165. The summed E-state index contributed by atoms with van der Waals surface area (Å²) in [7, 11) is 0. The maximum atomic E-state index is 12.7. The minimum Gasteiger partial charge on any atom is -0.494 e.